The summed E-state index contributed by atoms with van der Waals surface area (Å²) in [7, 11) is 0. The zero-order valence-corrected chi connectivity index (χ0v) is 11.2. The summed E-state index contributed by atoms with van der Waals surface area (Å²) in [6.07, 6.45) is -1.71. The number of hydrogen-bond donors (Lipinski definition) is 2. The van der Waals surface area contributed by atoms with E-state index in [2.05, 4.69) is 0 Å². The highest BCUT2D eigenvalue weighted by atomic mass is 16.5. The van der Waals surface area contributed by atoms with E-state index in [0.29, 0.717) is 5.75 Å². The molecule has 19 heavy (non-hydrogen) atoms. The maximum atomic E-state index is 11.8. The van der Waals surface area contributed by atoms with Crippen LogP contribution in [0.15, 0.2) is 18.2 Å². The number of β-amino-alcohol motifs (C(OH)–C–C–N with tert-alkyl or cyclic N) is 2. The quantitative estimate of drug-likeness (QED) is 0.821. The van der Waals surface area contributed by atoms with Gasteiger partial charge in [-0.25, -0.2) is 0 Å². The number of carbonyl (C=O) groups excluding carboxylic acids is 1. The molecule has 1 aromatic rings. The monoisotopic (exact) mass is 265 g/mol. The Morgan fingerprint density at radius 1 is 1.26 bits per heavy atom. The van der Waals surface area contributed by atoms with Crippen molar-refractivity contribution >= 4 is 5.91 Å². The Morgan fingerprint density at radius 3 is 2.47 bits per heavy atom. The van der Waals surface area contributed by atoms with Gasteiger partial charge in [0.2, 0.25) is 0 Å². The highest BCUT2D eigenvalue weighted by molar-refractivity contribution is 5.78. The van der Waals surface area contributed by atoms with E-state index in [1.54, 1.807) is 0 Å². The van der Waals surface area contributed by atoms with Crippen LogP contribution in [-0.2, 0) is 4.79 Å². The Morgan fingerprint density at radius 2 is 1.89 bits per heavy atom. The molecular weight excluding hydrogens is 246 g/mol. The third-order valence-electron chi connectivity index (χ3n) is 3.45. The fourth-order valence-electron chi connectivity index (χ4n) is 2.01. The van der Waals surface area contributed by atoms with Gasteiger partial charge in [0.05, 0.1) is 12.2 Å². The van der Waals surface area contributed by atoms with Gasteiger partial charge < -0.3 is 19.8 Å². The number of ether oxygens (including phenoxy) is 1. The molecule has 2 N–H and O–H groups in total. The summed E-state index contributed by atoms with van der Waals surface area (Å²) in [4.78, 5) is 13.3. The molecule has 2 atom stereocenters. The minimum atomic E-state index is -0.856. The van der Waals surface area contributed by atoms with Crippen LogP contribution in [0.2, 0.25) is 0 Å². The van der Waals surface area contributed by atoms with Crippen molar-refractivity contribution in [1.29, 1.82) is 0 Å². The van der Waals surface area contributed by atoms with Gasteiger partial charge in [-0.05, 0) is 37.1 Å². The molecule has 1 aliphatic heterocycles. The molecule has 2 rings (SSSR count). The van der Waals surface area contributed by atoms with E-state index in [1.165, 1.54) is 10.5 Å². The van der Waals surface area contributed by atoms with E-state index in [-0.39, 0.29) is 25.6 Å². The van der Waals surface area contributed by atoms with Crippen molar-refractivity contribution in [2.45, 2.75) is 26.1 Å². The number of aryl methyl sites for hydroxylation is 2. The van der Waals surface area contributed by atoms with Crippen LogP contribution in [-0.4, -0.2) is 52.9 Å². The molecule has 1 aliphatic rings. The van der Waals surface area contributed by atoms with Crippen molar-refractivity contribution < 1.29 is 19.7 Å². The molecule has 1 amide bonds. The Kier molecular flexibility index (Phi) is 4.07. The van der Waals surface area contributed by atoms with Crippen LogP contribution in [0.5, 0.6) is 5.75 Å². The standard InChI is InChI=1S/C14H19NO4/c1-9-3-4-11(5-10(9)2)19-8-14(18)15-6-12(16)13(17)7-15/h3-5,12-13,16-17H,6-8H2,1-2H3. The highest BCUT2D eigenvalue weighted by Gasteiger charge is 2.32. The van der Waals surface area contributed by atoms with Crippen molar-refractivity contribution in [2.75, 3.05) is 19.7 Å². The summed E-state index contributed by atoms with van der Waals surface area (Å²) in [5.74, 6) is 0.422. The fourth-order valence-corrected chi connectivity index (χ4v) is 2.01. The molecule has 0 bridgehead atoms. The van der Waals surface area contributed by atoms with E-state index in [0.717, 1.165) is 5.56 Å². The molecule has 1 heterocycles. The van der Waals surface area contributed by atoms with Crippen LogP contribution in [0.1, 0.15) is 11.1 Å². The summed E-state index contributed by atoms with van der Waals surface area (Å²) in [6, 6.07) is 5.65. The zero-order chi connectivity index (χ0) is 14.0. The van der Waals surface area contributed by atoms with Gasteiger partial charge in [-0.15, -0.1) is 0 Å². The van der Waals surface area contributed by atoms with Crippen LogP contribution in [0.3, 0.4) is 0 Å². The average molecular weight is 265 g/mol. The van der Waals surface area contributed by atoms with E-state index in [4.69, 9.17) is 4.74 Å². The molecule has 2 unspecified atom stereocenters. The van der Waals surface area contributed by atoms with Crippen LogP contribution >= 0.6 is 0 Å². The first-order chi connectivity index (χ1) is 8.97. The molecule has 0 spiro atoms. The zero-order valence-electron chi connectivity index (χ0n) is 11.2. The number of aliphatic hydroxyl groups excluding tert-OH is 2. The molecule has 1 aromatic carbocycles. The molecule has 1 fully saturated rings. The lowest BCUT2D eigenvalue weighted by molar-refractivity contribution is -0.132. The number of benzene rings is 1. The van der Waals surface area contributed by atoms with Gasteiger partial charge in [-0.2, -0.15) is 0 Å². The summed E-state index contributed by atoms with van der Waals surface area (Å²) < 4.78 is 5.43. The molecule has 1 saturated heterocycles. The first kappa shape index (κ1) is 13.8. The third kappa shape index (κ3) is 3.24. The van der Waals surface area contributed by atoms with Gasteiger partial charge in [-0.1, -0.05) is 6.07 Å². The number of hydrogen-bond acceptors (Lipinski definition) is 4. The third-order valence-corrected chi connectivity index (χ3v) is 3.45. The van der Waals surface area contributed by atoms with E-state index < -0.39 is 12.2 Å². The van der Waals surface area contributed by atoms with E-state index in [9.17, 15) is 15.0 Å². The summed E-state index contributed by atoms with van der Waals surface area (Å²) in [5.41, 5.74) is 2.28. The lowest BCUT2D eigenvalue weighted by Crippen LogP contribution is -2.33. The van der Waals surface area contributed by atoms with Crippen molar-refractivity contribution in [2.24, 2.45) is 0 Å². The highest BCUT2D eigenvalue weighted by Crippen LogP contribution is 2.17. The molecule has 104 valence electrons. The molecule has 0 saturated carbocycles. The fraction of sp³-hybridized carbons (Fsp3) is 0.500. The predicted molar refractivity (Wildman–Crippen MR) is 70.0 cm³/mol. The van der Waals surface area contributed by atoms with Gasteiger partial charge in [0.15, 0.2) is 6.61 Å². The Labute approximate surface area is 112 Å². The molecular formula is C14H19NO4. The van der Waals surface area contributed by atoms with Crippen molar-refractivity contribution in [3.8, 4) is 5.75 Å². The number of aliphatic hydroxyl groups is 2. The first-order valence-corrected chi connectivity index (χ1v) is 6.31. The van der Waals surface area contributed by atoms with Crippen molar-refractivity contribution in [3.63, 3.8) is 0 Å². The normalized spacial score (nSPS) is 22.6. The Bertz CT molecular complexity index is 465. The maximum Gasteiger partial charge on any atom is 0.260 e. The van der Waals surface area contributed by atoms with Crippen LogP contribution in [0.4, 0.5) is 0 Å². The molecule has 0 radical (unpaired) electrons. The number of rotatable bonds is 3. The van der Waals surface area contributed by atoms with Crippen molar-refractivity contribution in [1.82, 2.24) is 4.90 Å². The van der Waals surface area contributed by atoms with Gasteiger partial charge >= 0.3 is 0 Å². The van der Waals surface area contributed by atoms with Crippen LogP contribution in [0.25, 0.3) is 0 Å². The summed E-state index contributed by atoms with van der Waals surface area (Å²) in [6.45, 7) is 4.24. The van der Waals surface area contributed by atoms with Crippen LogP contribution in [0, 0.1) is 13.8 Å². The van der Waals surface area contributed by atoms with Gasteiger partial charge in [0, 0.05) is 13.1 Å². The second kappa shape index (κ2) is 5.59. The number of carbonyl (C=O) groups is 1. The van der Waals surface area contributed by atoms with E-state index >= 15 is 0 Å². The van der Waals surface area contributed by atoms with Gasteiger partial charge in [-0.3, -0.25) is 4.79 Å². The average Bonchev–Trinajstić information content (AvgIpc) is 2.71. The predicted octanol–water partition coefficient (Wildman–Crippen LogP) is 0.246. The number of amides is 1. The molecule has 0 aromatic heterocycles. The Balaban J connectivity index is 1.88. The first-order valence-electron chi connectivity index (χ1n) is 6.31. The van der Waals surface area contributed by atoms with Crippen LogP contribution < -0.4 is 4.74 Å². The van der Waals surface area contributed by atoms with Gasteiger partial charge in [0.25, 0.3) is 5.91 Å². The minimum Gasteiger partial charge on any atom is -0.484 e. The largest absolute Gasteiger partial charge is 0.484 e. The second-order valence-corrected chi connectivity index (χ2v) is 4.97. The maximum absolute atomic E-state index is 11.8. The molecule has 0 aliphatic carbocycles. The topological polar surface area (TPSA) is 70.0 Å². The van der Waals surface area contributed by atoms with E-state index in [1.807, 2.05) is 32.0 Å². The smallest absolute Gasteiger partial charge is 0.260 e. The summed E-state index contributed by atoms with van der Waals surface area (Å²) >= 11 is 0. The number of nitrogens with zero attached hydrogens (tertiary/aromatic N) is 1. The SMILES string of the molecule is Cc1ccc(OCC(=O)N2CC(O)C(O)C2)cc1C. The van der Waals surface area contributed by atoms with Gasteiger partial charge in [0.1, 0.15) is 5.75 Å². The Hall–Kier alpha value is -1.59. The lowest BCUT2D eigenvalue weighted by Gasteiger charge is -2.16. The molecule has 5 nitrogen and oxygen atoms in total. The number of likely N-dealkylation sites (tertiary alicyclic amines) is 1. The van der Waals surface area contributed by atoms with Crippen molar-refractivity contribution in [3.05, 3.63) is 29.3 Å². The molecule has 5 heteroatoms. The summed E-state index contributed by atoms with van der Waals surface area (Å²) in [5, 5.41) is 18.8. The lowest BCUT2D eigenvalue weighted by atomic mass is 10.1. The minimum absolute atomic E-state index is 0.0814. The second-order valence-electron chi connectivity index (χ2n) is 4.97.